The molecular formula is C17H31N3O. The summed E-state index contributed by atoms with van der Waals surface area (Å²) in [6, 6.07) is 0.326. The molecule has 4 nitrogen and oxygen atoms in total. The number of hydrogen-bond donors (Lipinski definition) is 2. The molecule has 1 amide bonds. The van der Waals surface area contributed by atoms with Crippen molar-refractivity contribution in [3.8, 4) is 0 Å². The lowest BCUT2D eigenvalue weighted by molar-refractivity contribution is -0.129. The van der Waals surface area contributed by atoms with E-state index >= 15 is 0 Å². The Morgan fingerprint density at radius 1 is 1.29 bits per heavy atom. The van der Waals surface area contributed by atoms with Crippen LogP contribution in [0.25, 0.3) is 0 Å². The summed E-state index contributed by atoms with van der Waals surface area (Å²) in [5.74, 6) is 1.01. The second-order valence-corrected chi connectivity index (χ2v) is 8.32. The molecule has 3 aliphatic rings. The van der Waals surface area contributed by atoms with Crippen LogP contribution in [-0.4, -0.2) is 49.1 Å². The summed E-state index contributed by atoms with van der Waals surface area (Å²) >= 11 is 0. The molecule has 0 aromatic carbocycles. The predicted octanol–water partition coefficient (Wildman–Crippen LogP) is 1.61. The number of carbonyl (C=O) groups is 1. The molecule has 0 radical (unpaired) electrons. The first-order chi connectivity index (χ1) is 9.84. The first-order valence-corrected chi connectivity index (χ1v) is 8.60. The van der Waals surface area contributed by atoms with Crippen molar-refractivity contribution in [1.82, 2.24) is 15.5 Å². The maximum absolute atomic E-state index is 12.7. The lowest BCUT2D eigenvalue weighted by Crippen LogP contribution is -2.58. The van der Waals surface area contributed by atoms with Crippen molar-refractivity contribution in [1.29, 1.82) is 0 Å². The minimum atomic E-state index is -0.00868. The number of hydrogen-bond acceptors (Lipinski definition) is 3. The molecule has 2 aliphatic carbocycles. The van der Waals surface area contributed by atoms with Gasteiger partial charge in [0, 0.05) is 32.2 Å². The van der Waals surface area contributed by atoms with Crippen LogP contribution in [0.15, 0.2) is 0 Å². The zero-order chi connectivity index (χ0) is 15.3. The van der Waals surface area contributed by atoms with Gasteiger partial charge in [-0.2, -0.15) is 0 Å². The van der Waals surface area contributed by atoms with Gasteiger partial charge in [0.2, 0.25) is 5.91 Å². The summed E-state index contributed by atoms with van der Waals surface area (Å²) < 4.78 is 0. The zero-order valence-corrected chi connectivity index (χ0v) is 14.0. The second kappa shape index (κ2) is 5.24. The number of piperazine rings is 1. The smallest absolute Gasteiger partial charge is 0.237 e. The van der Waals surface area contributed by atoms with Gasteiger partial charge < -0.3 is 10.6 Å². The molecule has 3 rings (SSSR count). The number of nitrogens with zero attached hydrogens (tertiary/aromatic N) is 1. The largest absolute Gasteiger partial charge is 0.351 e. The fourth-order valence-corrected chi connectivity index (χ4v) is 5.16. The van der Waals surface area contributed by atoms with Gasteiger partial charge >= 0.3 is 0 Å². The van der Waals surface area contributed by atoms with Crippen LogP contribution >= 0.6 is 0 Å². The first-order valence-electron chi connectivity index (χ1n) is 8.60. The topological polar surface area (TPSA) is 44.4 Å². The number of fused-ring (bicyclic) bond motifs is 2. The van der Waals surface area contributed by atoms with Crippen molar-refractivity contribution in [3.63, 3.8) is 0 Å². The molecule has 0 spiro atoms. The first kappa shape index (κ1) is 15.3. The lowest BCUT2D eigenvalue weighted by atomic mass is 9.68. The average Bonchev–Trinajstić information content (AvgIpc) is 2.94. The van der Waals surface area contributed by atoms with E-state index in [0.717, 1.165) is 32.1 Å². The maximum Gasteiger partial charge on any atom is 0.237 e. The number of amides is 1. The third kappa shape index (κ3) is 2.50. The highest BCUT2D eigenvalue weighted by Crippen LogP contribution is 2.62. The van der Waals surface area contributed by atoms with Gasteiger partial charge in [0.1, 0.15) is 0 Å². The molecule has 4 atom stereocenters. The van der Waals surface area contributed by atoms with Crippen LogP contribution in [0, 0.1) is 16.7 Å². The van der Waals surface area contributed by atoms with Crippen molar-refractivity contribution in [2.45, 2.75) is 59.0 Å². The Balaban J connectivity index is 1.66. The Bertz CT molecular complexity index is 412. The van der Waals surface area contributed by atoms with E-state index in [-0.39, 0.29) is 17.4 Å². The molecule has 4 unspecified atom stereocenters. The maximum atomic E-state index is 12.7. The zero-order valence-electron chi connectivity index (χ0n) is 14.0. The summed E-state index contributed by atoms with van der Waals surface area (Å²) in [6.07, 6.45) is 3.89. The Hall–Kier alpha value is -0.610. The van der Waals surface area contributed by atoms with Crippen LogP contribution in [0.2, 0.25) is 0 Å². The monoisotopic (exact) mass is 293 g/mol. The van der Waals surface area contributed by atoms with Gasteiger partial charge in [-0.1, -0.05) is 20.8 Å². The summed E-state index contributed by atoms with van der Waals surface area (Å²) in [6.45, 7) is 13.1. The highest BCUT2D eigenvalue weighted by molar-refractivity contribution is 5.82. The molecule has 2 N–H and O–H groups in total. The van der Waals surface area contributed by atoms with Crippen LogP contribution in [-0.2, 0) is 4.79 Å². The molecule has 3 fully saturated rings. The molecule has 2 bridgehead atoms. The van der Waals surface area contributed by atoms with Gasteiger partial charge in [0.25, 0.3) is 0 Å². The van der Waals surface area contributed by atoms with E-state index in [1.165, 1.54) is 19.3 Å². The minimum Gasteiger partial charge on any atom is -0.351 e. The van der Waals surface area contributed by atoms with Gasteiger partial charge in [-0.15, -0.1) is 0 Å². The van der Waals surface area contributed by atoms with Gasteiger partial charge in [0.15, 0.2) is 0 Å². The van der Waals surface area contributed by atoms with Crippen molar-refractivity contribution < 1.29 is 4.79 Å². The van der Waals surface area contributed by atoms with Gasteiger partial charge in [-0.3, -0.25) is 9.69 Å². The molecule has 4 heteroatoms. The fourth-order valence-electron chi connectivity index (χ4n) is 5.16. The highest BCUT2D eigenvalue weighted by atomic mass is 16.2. The quantitative estimate of drug-likeness (QED) is 0.831. The van der Waals surface area contributed by atoms with Crippen LogP contribution in [0.5, 0.6) is 0 Å². The minimum absolute atomic E-state index is 0.00868. The van der Waals surface area contributed by atoms with E-state index in [2.05, 4.69) is 43.2 Å². The molecule has 0 aromatic heterocycles. The van der Waals surface area contributed by atoms with Crippen molar-refractivity contribution in [3.05, 3.63) is 0 Å². The van der Waals surface area contributed by atoms with Crippen LogP contribution in [0.1, 0.15) is 47.0 Å². The lowest BCUT2D eigenvalue weighted by Gasteiger charge is -2.44. The van der Waals surface area contributed by atoms with E-state index in [0.29, 0.717) is 11.5 Å². The van der Waals surface area contributed by atoms with Crippen LogP contribution in [0.4, 0.5) is 0 Å². The van der Waals surface area contributed by atoms with Crippen molar-refractivity contribution >= 4 is 5.91 Å². The summed E-state index contributed by atoms with van der Waals surface area (Å²) in [5.41, 5.74) is 0.554. The number of nitrogens with one attached hydrogen (secondary N) is 2. The Morgan fingerprint density at radius 2 is 1.95 bits per heavy atom. The second-order valence-electron chi connectivity index (χ2n) is 8.32. The van der Waals surface area contributed by atoms with E-state index in [1.54, 1.807) is 0 Å². The Labute approximate surface area is 129 Å². The number of rotatable bonds is 3. The SMILES string of the molecule is CC(C(=O)NC1C2(C)CCC(C2)C1(C)C)N1CCNCC1. The average molecular weight is 293 g/mol. The standard InChI is InChI=1S/C17H31N3O/c1-12(20-9-7-18-8-10-20)14(21)19-15-16(2,3)13-5-6-17(15,4)11-13/h12-13,15,18H,5-11H2,1-4H3,(H,19,21). The van der Waals surface area contributed by atoms with E-state index in [4.69, 9.17) is 0 Å². The highest BCUT2D eigenvalue weighted by Gasteiger charge is 2.59. The predicted molar refractivity (Wildman–Crippen MR) is 85.1 cm³/mol. The normalized spacial score (nSPS) is 40.2. The van der Waals surface area contributed by atoms with Gasteiger partial charge in [-0.05, 0) is 42.9 Å². The van der Waals surface area contributed by atoms with E-state index < -0.39 is 0 Å². The van der Waals surface area contributed by atoms with Crippen molar-refractivity contribution in [2.24, 2.45) is 16.7 Å². The molecule has 1 saturated heterocycles. The molecule has 1 aliphatic heterocycles. The van der Waals surface area contributed by atoms with Crippen molar-refractivity contribution in [2.75, 3.05) is 26.2 Å². The third-order valence-electron chi connectivity index (χ3n) is 6.64. The Kier molecular flexibility index (Phi) is 3.81. The molecule has 1 heterocycles. The molecular weight excluding hydrogens is 262 g/mol. The molecule has 2 saturated carbocycles. The van der Waals surface area contributed by atoms with Gasteiger partial charge in [0.05, 0.1) is 6.04 Å². The molecule has 21 heavy (non-hydrogen) atoms. The Morgan fingerprint density at radius 3 is 2.52 bits per heavy atom. The molecule has 0 aromatic rings. The van der Waals surface area contributed by atoms with Gasteiger partial charge in [-0.25, -0.2) is 0 Å². The fraction of sp³-hybridized carbons (Fsp3) is 0.941. The summed E-state index contributed by atoms with van der Waals surface area (Å²) in [5, 5.41) is 6.79. The van der Waals surface area contributed by atoms with Crippen LogP contribution < -0.4 is 10.6 Å². The number of carbonyl (C=O) groups excluding carboxylic acids is 1. The van der Waals surface area contributed by atoms with Crippen LogP contribution in [0.3, 0.4) is 0 Å². The van der Waals surface area contributed by atoms with E-state index in [9.17, 15) is 4.79 Å². The third-order valence-corrected chi connectivity index (χ3v) is 6.64. The van der Waals surface area contributed by atoms with E-state index in [1.807, 2.05) is 0 Å². The summed E-state index contributed by atoms with van der Waals surface area (Å²) in [7, 11) is 0. The summed E-state index contributed by atoms with van der Waals surface area (Å²) in [4.78, 5) is 15.0. The molecule has 120 valence electrons.